The van der Waals surface area contributed by atoms with Crippen molar-refractivity contribution in [3.8, 4) is 0 Å². The molecule has 0 aliphatic rings. The number of rotatable bonds is 4. The molecule has 0 fully saturated rings. The zero-order chi connectivity index (χ0) is 15.9. The Kier molecular flexibility index (Phi) is 4.92. The number of carbonyl (C=O) groups is 3. The molecular weight excluding hydrogens is 286 g/mol. The predicted octanol–water partition coefficient (Wildman–Crippen LogP) is 0.779. The van der Waals surface area contributed by atoms with Gasteiger partial charge in [-0.15, -0.1) is 0 Å². The van der Waals surface area contributed by atoms with Gasteiger partial charge in [-0.25, -0.2) is 0 Å². The van der Waals surface area contributed by atoms with E-state index in [1.54, 1.807) is 31.2 Å². The van der Waals surface area contributed by atoms with Crippen LogP contribution >= 0.6 is 0 Å². The average molecular weight is 301 g/mol. The molecule has 0 atom stereocenters. The zero-order valence-electron chi connectivity index (χ0n) is 11.9. The number of hydrogen-bond acceptors (Lipinski definition) is 4. The zero-order valence-corrected chi connectivity index (χ0v) is 11.9. The van der Waals surface area contributed by atoms with E-state index in [0.717, 1.165) is 5.56 Å². The van der Waals surface area contributed by atoms with E-state index >= 15 is 0 Å². The fourth-order valence-corrected chi connectivity index (χ4v) is 1.72. The number of hydrogen-bond donors (Lipinski definition) is 3. The molecular formula is C15H15N3O4. The van der Waals surface area contributed by atoms with Crippen molar-refractivity contribution in [2.24, 2.45) is 0 Å². The lowest BCUT2D eigenvalue weighted by Crippen LogP contribution is -2.46. The highest BCUT2D eigenvalue weighted by Crippen LogP contribution is 2.05. The third kappa shape index (κ3) is 3.95. The molecule has 7 heteroatoms. The SMILES string of the molecule is Cc1ccccc1C(=O)NNC(=O)CNC(=O)c1ccco1. The van der Waals surface area contributed by atoms with Gasteiger partial charge in [0.05, 0.1) is 12.8 Å². The Balaban J connectivity index is 1.77. The van der Waals surface area contributed by atoms with E-state index in [2.05, 4.69) is 16.2 Å². The molecule has 0 bridgehead atoms. The van der Waals surface area contributed by atoms with E-state index in [4.69, 9.17) is 4.42 Å². The second-order valence-electron chi connectivity index (χ2n) is 4.48. The molecule has 3 N–H and O–H groups in total. The Labute approximate surface area is 126 Å². The second-order valence-corrected chi connectivity index (χ2v) is 4.48. The molecule has 1 aromatic carbocycles. The van der Waals surface area contributed by atoms with Crippen molar-refractivity contribution in [2.45, 2.75) is 6.92 Å². The third-order valence-corrected chi connectivity index (χ3v) is 2.86. The van der Waals surface area contributed by atoms with Crippen LogP contribution in [0.3, 0.4) is 0 Å². The van der Waals surface area contributed by atoms with E-state index in [-0.39, 0.29) is 12.3 Å². The summed E-state index contributed by atoms with van der Waals surface area (Å²) >= 11 is 0. The van der Waals surface area contributed by atoms with Crippen LogP contribution in [0.4, 0.5) is 0 Å². The molecule has 0 aliphatic heterocycles. The second kappa shape index (κ2) is 7.07. The van der Waals surface area contributed by atoms with Crippen LogP contribution in [-0.4, -0.2) is 24.3 Å². The van der Waals surface area contributed by atoms with Gasteiger partial charge in [0.2, 0.25) is 0 Å². The lowest BCUT2D eigenvalue weighted by molar-refractivity contribution is -0.120. The summed E-state index contributed by atoms with van der Waals surface area (Å²) in [6.07, 6.45) is 1.36. The van der Waals surface area contributed by atoms with E-state index in [1.165, 1.54) is 12.3 Å². The number of nitrogens with one attached hydrogen (secondary N) is 3. The highest BCUT2D eigenvalue weighted by atomic mass is 16.3. The molecule has 0 spiro atoms. The Morgan fingerprint density at radius 3 is 2.45 bits per heavy atom. The highest BCUT2D eigenvalue weighted by molar-refractivity contribution is 5.97. The summed E-state index contributed by atoms with van der Waals surface area (Å²) in [6, 6.07) is 10.0. The molecule has 0 saturated heterocycles. The van der Waals surface area contributed by atoms with Gasteiger partial charge < -0.3 is 9.73 Å². The van der Waals surface area contributed by atoms with Crippen LogP contribution in [-0.2, 0) is 4.79 Å². The van der Waals surface area contributed by atoms with E-state index in [0.29, 0.717) is 5.56 Å². The monoisotopic (exact) mass is 301 g/mol. The van der Waals surface area contributed by atoms with Crippen molar-refractivity contribution in [1.29, 1.82) is 0 Å². The predicted molar refractivity (Wildman–Crippen MR) is 77.8 cm³/mol. The average Bonchev–Trinajstić information content (AvgIpc) is 3.05. The van der Waals surface area contributed by atoms with Crippen LogP contribution < -0.4 is 16.2 Å². The number of aryl methyl sites for hydroxylation is 1. The maximum absolute atomic E-state index is 11.9. The summed E-state index contributed by atoms with van der Waals surface area (Å²) in [6.45, 7) is 1.51. The minimum Gasteiger partial charge on any atom is -0.459 e. The maximum Gasteiger partial charge on any atom is 0.287 e. The van der Waals surface area contributed by atoms with Crippen LogP contribution in [0.2, 0.25) is 0 Å². The molecule has 1 heterocycles. The van der Waals surface area contributed by atoms with Gasteiger partial charge in [-0.05, 0) is 30.7 Å². The van der Waals surface area contributed by atoms with Crippen molar-refractivity contribution in [3.05, 3.63) is 59.5 Å². The Hall–Kier alpha value is -3.09. The highest BCUT2D eigenvalue weighted by Gasteiger charge is 2.12. The number of amides is 3. The van der Waals surface area contributed by atoms with Gasteiger partial charge in [-0.2, -0.15) is 0 Å². The lowest BCUT2D eigenvalue weighted by atomic mass is 10.1. The van der Waals surface area contributed by atoms with Gasteiger partial charge in [-0.1, -0.05) is 18.2 Å². The molecule has 2 aromatic rings. The van der Waals surface area contributed by atoms with Gasteiger partial charge in [0.15, 0.2) is 5.76 Å². The smallest absolute Gasteiger partial charge is 0.287 e. The van der Waals surface area contributed by atoms with Gasteiger partial charge in [0.25, 0.3) is 17.7 Å². The Morgan fingerprint density at radius 1 is 1.00 bits per heavy atom. The van der Waals surface area contributed by atoms with Crippen molar-refractivity contribution in [1.82, 2.24) is 16.2 Å². The summed E-state index contributed by atoms with van der Waals surface area (Å²) in [4.78, 5) is 35.0. The quantitative estimate of drug-likeness (QED) is 0.726. The molecule has 114 valence electrons. The van der Waals surface area contributed by atoms with E-state index in [1.807, 2.05) is 6.07 Å². The van der Waals surface area contributed by atoms with Gasteiger partial charge in [-0.3, -0.25) is 25.2 Å². The van der Waals surface area contributed by atoms with Crippen LogP contribution in [0, 0.1) is 6.92 Å². The Bertz CT molecular complexity index is 680. The number of carbonyl (C=O) groups excluding carboxylic acids is 3. The first-order valence-electron chi connectivity index (χ1n) is 6.54. The summed E-state index contributed by atoms with van der Waals surface area (Å²) in [5, 5.41) is 2.36. The molecule has 0 unspecified atom stereocenters. The molecule has 3 amide bonds. The summed E-state index contributed by atoms with van der Waals surface area (Å²) in [5.74, 6) is -1.38. The third-order valence-electron chi connectivity index (χ3n) is 2.86. The molecule has 0 aliphatic carbocycles. The lowest BCUT2D eigenvalue weighted by Gasteiger charge is -2.09. The topological polar surface area (TPSA) is 100 Å². The van der Waals surface area contributed by atoms with E-state index in [9.17, 15) is 14.4 Å². The minimum atomic E-state index is -0.554. The fraction of sp³-hybridized carbons (Fsp3) is 0.133. The first-order chi connectivity index (χ1) is 10.6. The number of benzene rings is 1. The van der Waals surface area contributed by atoms with Crippen molar-refractivity contribution in [3.63, 3.8) is 0 Å². The maximum atomic E-state index is 11.9. The fourth-order valence-electron chi connectivity index (χ4n) is 1.72. The van der Waals surface area contributed by atoms with E-state index < -0.39 is 17.7 Å². The molecule has 2 rings (SSSR count). The normalized spacial score (nSPS) is 9.86. The number of hydrazine groups is 1. The largest absolute Gasteiger partial charge is 0.459 e. The van der Waals surface area contributed by atoms with Gasteiger partial charge in [0, 0.05) is 5.56 Å². The molecule has 0 saturated carbocycles. The first-order valence-corrected chi connectivity index (χ1v) is 6.54. The van der Waals surface area contributed by atoms with Crippen molar-refractivity contribution in [2.75, 3.05) is 6.54 Å². The van der Waals surface area contributed by atoms with Crippen LogP contribution in [0.5, 0.6) is 0 Å². The standard InChI is InChI=1S/C15H15N3O4/c1-10-5-2-3-6-11(10)14(20)18-17-13(19)9-16-15(21)12-7-4-8-22-12/h2-8H,9H2,1H3,(H,16,21)(H,17,19)(H,18,20). The Morgan fingerprint density at radius 2 is 1.77 bits per heavy atom. The molecule has 1 aromatic heterocycles. The molecule has 7 nitrogen and oxygen atoms in total. The molecule has 0 radical (unpaired) electrons. The van der Waals surface area contributed by atoms with Gasteiger partial charge >= 0.3 is 0 Å². The van der Waals surface area contributed by atoms with Crippen LogP contribution in [0.15, 0.2) is 47.1 Å². The van der Waals surface area contributed by atoms with Crippen LogP contribution in [0.1, 0.15) is 26.5 Å². The van der Waals surface area contributed by atoms with Crippen molar-refractivity contribution < 1.29 is 18.8 Å². The van der Waals surface area contributed by atoms with Gasteiger partial charge in [0.1, 0.15) is 0 Å². The van der Waals surface area contributed by atoms with Crippen LogP contribution in [0.25, 0.3) is 0 Å². The summed E-state index contributed by atoms with van der Waals surface area (Å²) in [5.41, 5.74) is 5.76. The molecule has 22 heavy (non-hydrogen) atoms. The first kappa shape index (κ1) is 15.3. The minimum absolute atomic E-state index is 0.108. The summed E-state index contributed by atoms with van der Waals surface area (Å²) in [7, 11) is 0. The number of furan rings is 1. The van der Waals surface area contributed by atoms with Crippen molar-refractivity contribution >= 4 is 17.7 Å². The summed E-state index contributed by atoms with van der Waals surface area (Å²) < 4.78 is 4.88.